The average Bonchev–Trinajstić information content (AvgIpc) is 2.84. The number of fused-ring (bicyclic) bond motifs is 1. The molecule has 0 saturated carbocycles. The maximum atomic E-state index is 5.65. The van der Waals surface area contributed by atoms with Gasteiger partial charge in [0.1, 0.15) is 5.75 Å². The van der Waals surface area contributed by atoms with Crippen LogP contribution in [0.3, 0.4) is 0 Å². The number of rotatable bonds is 4. The molecule has 3 rings (SSSR count). The maximum Gasteiger partial charge on any atom is 0.122 e. The molecule has 1 unspecified atom stereocenters. The second kappa shape index (κ2) is 5.14. The zero-order valence-electron chi connectivity index (χ0n) is 10.0. The lowest BCUT2D eigenvalue weighted by atomic mass is 10.0. The molecule has 1 aromatic carbocycles. The molecule has 18 heavy (non-hydrogen) atoms. The highest BCUT2D eigenvalue weighted by molar-refractivity contribution is 5.39. The number of ether oxygens (including phenoxy) is 1. The number of nitrogens with zero attached hydrogens (tertiary/aromatic N) is 2. The molecular formula is C14H15N3O. The Bertz CT molecular complexity index is 515. The van der Waals surface area contributed by atoms with Crippen LogP contribution in [0.25, 0.3) is 0 Å². The van der Waals surface area contributed by atoms with E-state index in [9.17, 15) is 0 Å². The molecule has 4 nitrogen and oxygen atoms in total. The van der Waals surface area contributed by atoms with Crippen molar-refractivity contribution in [3.05, 3.63) is 53.9 Å². The molecule has 1 atom stereocenters. The van der Waals surface area contributed by atoms with Gasteiger partial charge in [-0.25, -0.2) is 0 Å². The van der Waals surface area contributed by atoms with E-state index in [1.165, 1.54) is 5.56 Å². The van der Waals surface area contributed by atoms with E-state index >= 15 is 0 Å². The molecule has 0 bridgehead atoms. The molecular weight excluding hydrogens is 226 g/mol. The third-order valence-corrected chi connectivity index (χ3v) is 3.12. The van der Waals surface area contributed by atoms with E-state index in [2.05, 4.69) is 27.6 Å². The van der Waals surface area contributed by atoms with Gasteiger partial charge in [-0.2, -0.15) is 10.2 Å². The monoisotopic (exact) mass is 241 g/mol. The summed E-state index contributed by atoms with van der Waals surface area (Å²) in [5.74, 6) is 1.45. The molecule has 0 saturated heterocycles. The summed E-state index contributed by atoms with van der Waals surface area (Å²) in [7, 11) is 0. The van der Waals surface area contributed by atoms with Crippen molar-refractivity contribution in [3.63, 3.8) is 0 Å². The Morgan fingerprint density at radius 3 is 3.06 bits per heavy atom. The first kappa shape index (κ1) is 11.2. The van der Waals surface area contributed by atoms with Gasteiger partial charge in [0.25, 0.3) is 0 Å². The van der Waals surface area contributed by atoms with Crippen LogP contribution in [0.4, 0.5) is 0 Å². The predicted molar refractivity (Wildman–Crippen MR) is 68.4 cm³/mol. The van der Waals surface area contributed by atoms with Crippen molar-refractivity contribution in [2.24, 2.45) is 0 Å². The standard InChI is InChI=1S/C14H15N3O/c1-2-6-14-13(5-1)11(10-18-14)8-15-9-12-4-3-7-16-17-12/h1-7,11,15H,8-10H2. The van der Waals surface area contributed by atoms with Crippen LogP contribution in [0, 0.1) is 0 Å². The number of hydrogen-bond donors (Lipinski definition) is 1. The third kappa shape index (κ3) is 2.33. The molecule has 0 fully saturated rings. The Morgan fingerprint density at radius 2 is 2.17 bits per heavy atom. The molecule has 0 aliphatic carbocycles. The average molecular weight is 241 g/mol. The molecule has 1 aliphatic heterocycles. The van der Waals surface area contributed by atoms with Gasteiger partial charge < -0.3 is 10.1 Å². The summed E-state index contributed by atoms with van der Waals surface area (Å²) in [4.78, 5) is 0. The van der Waals surface area contributed by atoms with Crippen LogP contribution in [0.15, 0.2) is 42.6 Å². The van der Waals surface area contributed by atoms with Gasteiger partial charge in [0.15, 0.2) is 0 Å². The summed E-state index contributed by atoms with van der Waals surface area (Å²) >= 11 is 0. The van der Waals surface area contributed by atoms with Gasteiger partial charge in [-0.1, -0.05) is 18.2 Å². The minimum absolute atomic E-state index is 0.429. The molecule has 4 heteroatoms. The topological polar surface area (TPSA) is 47.0 Å². The summed E-state index contributed by atoms with van der Waals surface area (Å²) in [6.07, 6.45) is 1.69. The van der Waals surface area contributed by atoms with Crippen LogP contribution < -0.4 is 10.1 Å². The zero-order chi connectivity index (χ0) is 12.2. The van der Waals surface area contributed by atoms with E-state index in [1.54, 1.807) is 6.20 Å². The van der Waals surface area contributed by atoms with E-state index < -0.39 is 0 Å². The number of aromatic nitrogens is 2. The van der Waals surface area contributed by atoms with Crippen LogP contribution in [0.5, 0.6) is 5.75 Å². The normalized spacial score (nSPS) is 17.2. The van der Waals surface area contributed by atoms with Gasteiger partial charge in [0.2, 0.25) is 0 Å². The first-order valence-corrected chi connectivity index (χ1v) is 6.12. The molecule has 0 radical (unpaired) electrons. The highest BCUT2D eigenvalue weighted by Gasteiger charge is 2.22. The van der Waals surface area contributed by atoms with Crippen molar-refractivity contribution in [3.8, 4) is 5.75 Å². The van der Waals surface area contributed by atoms with Gasteiger partial charge >= 0.3 is 0 Å². The van der Waals surface area contributed by atoms with Crippen molar-refractivity contribution < 1.29 is 4.74 Å². The summed E-state index contributed by atoms with van der Waals surface area (Å²) in [5.41, 5.74) is 2.26. The molecule has 2 aromatic rings. The van der Waals surface area contributed by atoms with Gasteiger partial charge in [0.05, 0.1) is 12.3 Å². The van der Waals surface area contributed by atoms with Gasteiger partial charge in [-0.05, 0) is 18.2 Å². The largest absolute Gasteiger partial charge is 0.493 e. The molecule has 2 heterocycles. The van der Waals surface area contributed by atoms with Crippen molar-refractivity contribution in [1.82, 2.24) is 15.5 Å². The minimum atomic E-state index is 0.429. The Morgan fingerprint density at radius 1 is 1.22 bits per heavy atom. The van der Waals surface area contributed by atoms with E-state index in [-0.39, 0.29) is 0 Å². The first-order valence-electron chi connectivity index (χ1n) is 6.12. The smallest absolute Gasteiger partial charge is 0.122 e. The SMILES string of the molecule is c1cnnc(CNCC2COc3ccccc32)c1. The van der Waals surface area contributed by atoms with Crippen molar-refractivity contribution in [2.45, 2.75) is 12.5 Å². The summed E-state index contributed by atoms with van der Waals surface area (Å²) < 4.78 is 5.65. The summed E-state index contributed by atoms with van der Waals surface area (Å²) in [5, 5.41) is 11.3. The van der Waals surface area contributed by atoms with Crippen LogP contribution in [-0.4, -0.2) is 23.3 Å². The second-order valence-corrected chi connectivity index (χ2v) is 4.39. The summed E-state index contributed by atoms with van der Waals surface area (Å²) in [6.45, 7) is 2.40. The van der Waals surface area contributed by atoms with Crippen LogP contribution in [0.2, 0.25) is 0 Å². The number of nitrogens with one attached hydrogen (secondary N) is 1. The lowest BCUT2D eigenvalue weighted by Crippen LogP contribution is -2.22. The van der Waals surface area contributed by atoms with Gasteiger partial charge in [0, 0.05) is 30.8 Å². The molecule has 92 valence electrons. The molecule has 1 N–H and O–H groups in total. The first-order chi connectivity index (χ1) is 8.93. The van der Waals surface area contributed by atoms with Crippen molar-refractivity contribution >= 4 is 0 Å². The van der Waals surface area contributed by atoms with E-state index in [1.807, 2.05) is 24.3 Å². The minimum Gasteiger partial charge on any atom is -0.493 e. The maximum absolute atomic E-state index is 5.65. The molecule has 0 spiro atoms. The fourth-order valence-corrected chi connectivity index (χ4v) is 2.20. The van der Waals surface area contributed by atoms with Gasteiger partial charge in [-0.3, -0.25) is 0 Å². The van der Waals surface area contributed by atoms with Crippen LogP contribution >= 0.6 is 0 Å². The Labute approximate surface area is 106 Å². The highest BCUT2D eigenvalue weighted by atomic mass is 16.5. The Kier molecular flexibility index (Phi) is 3.19. The fraction of sp³-hybridized carbons (Fsp3) is 0.286. The third-order valence-electron chi connectivity index (χ3n) is 3.12. The van der Waals surface area contributed by atoms with Crippen LogP contribution in [-0.2, 0) is 6.54 Å². The highest BCUT2D eigenvalue weighted by Crippen LogP contribution is 2.32. The van der Waals surface area contributed by atoms with Crippen molar-refractivity contribution in [2.75, 3.05) is 13.2 Å². The number of benzene rings is 1. The number of para-hydroxylation sites is 1. The lowest BCUT2D eigenvalue weighted by molar-refractivity contribution is 0.326. The van der Waals surface area contributed by atoms with E-state index in [4.69, 9.17) is 4.74 Å². The predicted octanol–water partition coefficient (Wildman–Crippen LogP) is 1.74. The molecule has 1 aliphatic rings. The Hall–Kier alpha value is -1.94. The Balaban J connectivity index is 1.56. The molecule has 1 aromatic heterocycles. The zero-order valence-corrected chi connectivity index (χ0v) is 10.0. The van der Waals surface area contributed by atoms with Gasteiger partial charge in [-0.15, -0.1) is 0 Å². The van der Waals surface area contributed by atoms with E-state index in [0.717, 1.165) is 31.1 Å². The number of hydrogen-bond acceptors (Lipinski definition) is 4. The quantitative estimate of drug-likeness (QED) is 0.885. The lowest BCUT2D eigenvalue weighted by Gasteiger charge is -2.09. The molecule has 0 amide bonds. The van der Waals surface area contributed by atoms with E-state index in [0.29, 0.717) is 5.92 Å². The van der Waals surface area contributed by atoms with Crippen LogP contribution in [0.1, 0.15) is 17.2 Å². The van der Waals surface area contributed by atoms with Crippen molar-refractivity contribution in [1.29, 1.82) is 0 Å². The second-order valence-electron chi connectivity index (χ2n) is 4.39. The summed E-state index contributed by atoms with van der Waals surface area (Å²) in [6, 6.07) is 12.1. The fourth-order valence-electron chi connectivity index (χ4n) is 2.20.